The van der Waals surface area contributed by atoms with E-state index in [0.29, 0.717) is 11.7 Å². The Hall–Kier alpha value is -4.85. The Kier molecular flexibility index (Phi) is 5.52. The topological polar surface area (TPSA) is 110 Å². The normalized spacial score (nSPS) is 11.7. The summed E-state index contributed by atoms with van der Waals surface area (Å²) in [5.41, 5.74) is 13.3. The number of nitrogens with one attached hydrogen (secondary N) is 2. The molecule has 0 spiro atoms. The third-order valence-electron chi connectivity index (χ3n) is 6.97. The average Bonchev–Trinajstić information content (AvgIpc) is 3.50. The van der Waals surface area contributed by atoms with Gasteiger partial charge in [0, 0.05) is 52.8 Å². The number of nitrogens with two attached hydrogens (primary N) is 1. The fraction of sp³-hybridized carbons (Fsp3) is 0.167. The lowest BCUT2D eigenvalue weighted by molar-refractivity contribution is -0.117. The summed E-state index contributed by atoms with van der Waals surface area (Å²) in [5.74, 6) is -0.383. The van der Waals surface area contributed by atoms with Gasteiger partial charge in [-0.3, -0.25) is 14.2 Å². The summed E-state index contributed by atoms with van der Waals surface area (Å²) in [5, 5.41) is 5.52. The summed E-state index contributed by atoms with van der Waals surface area (Å²) in [7, 11) is 0. The summed E-state index contributed by atoms with van der Waals surface area (Å²) in [4.78, 5) is 32.9. The number of carbonyl (C=O) groups excluding carboxylic acids is 1. The first-order valence-electron chi connectivity index (χ1n) is 12.6. The van der Waals surface area contributed by atoms with E-state index in [9.17, 15) is 9.59 Å². The molecule has 0 unspecified atom stereocenters. The lowest BCUT2D eigenvalue weighted by atomic mass is 9.92. The fourth-order valence-corrected chi connectivity index (χ4v) is 5.33. The van der Waals surface area contributed by atoms with Gasteiger partial charge in [0.2, 0.25) is 11.6 Å². The second-order valence-corrected chi connectivity index (χ2v) is 9.93. The van der Waals surface area contributed by atoms with Crippen LogP contribution in [-0.2, 0) is 11.2 Å². The molecule has 6 aromatic rings. The number of aromatic nitrogens is 4. The second-order valence-electron chi connectivity index (χ2n) is 9.93. The van der Waals surface area contributed by atoms with E-state index in [1.165, 1.54) is 0 Å². The van der Waals surface area contributed by atoms with Gasteiger partial charge in [0.15, 0.2) is 0 Å². The number of H-pyrrole nitrogens is 1. The molecule has 8 nitrogen and oxygen atoms in total. The molecule has 0 atom stereocenters. The highest BCUT2D eigenvalue weighted by Crippen LogP contribution is 2.39. The van der Waals surface area contributed by atoms with Gasteiger partial charge < -0.3 is 20.4 Å². The smallest absolute Gasteiger partial charge is 0.298 e. The molecule has 38 heavy (non-hydrogen) atoms. The highest BCUT2D eigenvalue weighted by atomic mass is 16.1. The van der Waals surface area contributed by atoms with E-state index in [4.69, 9.17) is 5.73 Å². The van der Waals surface area contributed by atoms with Crippen LogP contribution in [0.5, 0.6) is 0 Å². The van der Waals surface area contributed by atoms with Gasteiger partial charge in [-0.05, 0) is 61.2 Å². The summed E-state index contributed by atoms with van der Waals surface area (Å²) < 4.78 is 3.35. The Morgan fingerprint density at radius 3 is 2.71 bits per heavy atom. The molecule has 6 rings (SSSR count). The first-order chi connectivity index (χ1) is 18.3. The van der Waals surface area contributed by atoms with Gasteiger partial charge in [0.05, 0.1) is 17.6 Å². The van der Waals surface area contributed by atoms with Crippen LogP contribution in [0.4, 0.5) is 5.69 Å². The largest absolute Gasteiger partial charge is 0.383 e. The minimum atomic E-state index is -0.383. The third kappa shape index (κ3) is 3.82. The molecular weight excluding hydrogens is 476 g/mol. The van der Waals surface area contributed by atoms with Crippen molar-refractivity contribution >= 4 is 39.0 Å². The molecule has 3 aromatic heterocycles. The molecule has 0 bridgehead atoms. The van der Waals surface area contributed by atoms with Crippen molar-refractivity contribution in [3.8, 4) is 16.8 Å². The maximum atomic E-state index is 13.2. The molecule has 0 saturated carbocycles. The van der Waals surface area contributed by atoms with Gasteiger partial charge in [-0.1, -0.05) is 30.3 Å². The van der Waals surface area contributed by atoms with Crippen LogP contribution in [0, 0.1) is 6.92 Å². The van der Waals surface area contributed by atoms with E-state index in [0.717, 1.165) is 55.4 Å². The zero-order valence-corrected chi connectivity index (χ0v) is 21.4. The molecule has 0 saturated heterocycles. The number of hydrogen-bond acceptors (Lipinski definition) is 4. The predicted molar refractivity (Wildman–Crippen MR) is 152 cm³/mol. The van der Waals surface area contributed by atoms with E-state index in [2.05, 4.69) is 53.4 Å². The second kappa shape index (κ2) is 8.92. The van der Waals surface area contributed by atoms with Crippen molar-refractivity contribution in [2.24, 2.45) is 5.73 Å². The molecule has 4 N–H and O–H groups in total. The summed E-state index contributed by atoms with van der Waals surface area (Å²) in [6, 6.07) is 16.5. The van der Waals surface area contributed by atoms with E-state index in [-0.39, 0.29) is 17.9 Å². The van der Waals surface area contributed by atoms with Crippen LogP contribution in [-0.4, -0.2) is 30.9 Å². The van der Waals surface area contributed by atoms with Crippen LogP contribution in [0.3, 0.4) is 0 Å². The number of aromatic amines is 1. The van der Waals surface area contributed by atoms with Crippen molar-refractivity contribution in [1.82, 2.24) is 18.9 Å². The third-order valence-corrected chi connectivity index (χ3v) is 6.97. The lowest BCUT2D eigenvalue weighted by Gasteiger charge is -2.15. The molecule has 8 heteroatoms. The number of nitrogens with zero attached hydrogens (tertiary/aromatic N) is 3. The van der Waals surface area contributed by atoms with Crippen molar-refractivity contribution in [3.05, 3.63) is 94.8 Å². The monoisotopic (exact) mass is 504 g/mol. The number of hydrogen-bond donors (Lipinski definition) is 3. The van der Waals surface area contributed by atoms with Gasteiger partial charge in [0.25, 0.3) is 5.56 Å². The number of fused-ring (bicyclic) bond motifs is 4. The van der Waals surface area contributed by atoms with Gasteiger partial charge in [-0.2, -0.15) is 0 Å². The van der Waals surface area contributed by atoms with Crippen LogP contribution < -0.4 is 16.6 Å². The minimum Gasteiger partial charge on any atom is -0.383 e. The zero-order chi connectivity index (χ0) is 26.6. The van der Waals surface area contributed by atoms with Crippen LogP contribution in [0.15, 0.2) is 78.1 Å². The zero-order valence-electron chi connectivity index (χ0n) is 21.4. The number of anilines is 1. The van der Waals surface area contributed by atoms with Crippen LogP contribution in [0.1, 0.15) is 25.0 Å². The number of imidazole rings is 1. The highest BCUT2D eigenvalue weighted by molar-refractivity contribution is 6.16. The Morgan fingerprint density at radius 2 is 1.92 bits per heavy atom. The molecule has 3 aromatic carbocycles. The predicted octanol–water partition coefficient (Wildman–Crippen LogP) is 4.94. The van der Waals surface area contributed by atoms with Crippen molar-refractivity contribution in [1.29, 1.82) is 0 Å². The quantitative estimate of drug-likeness (QED) is 0.298. The van der Waals surface area contributed by atoms with Crippen LogP contribution in [0.25, 0.3) is 44.3 Å². The average molecular weight is 505 g/mol. The van der Waals surface area contributed by atoms with Gasteiger partial charge in [-0.15, -0.1) is 0 Å². The van der Waals surface area contributed by atoms with Crippen LogP contribution >= 0.6 is 0 Å². The minimum absolute atomic E-state index is 0.138. The Balaban J connectivity index is 1.60. The Labute approximate surface area is 218 Å². The van der Waals surface area contributed by atoms with Crippen LogP contribution in [0.2, 0.25) is 0 Å². The molecule has 190 valence electrons. The maximum Gasteiger partial charge on any atom is 0.298 e. The summed E-state index contributed by atoms with van der Waals surface area (Å²) in [6.45, 7) is 6.23. The highest BCUT2D eigenvalue weighted by Gasteiger charge is 2.18. The summed E-state index contributed by atoms with van der Waals surface area (Å²) >= 11 is 0. The molecule has 0 aliphatic heterocycles. The van der Waals surface area contributed by atoms with Crippen molar-refractivity contribution in [2.75, 3.05) is 5.32 Å². The Bertz CT molecular complexity index is 1920. The number of amides is 1. The van der Waals surface area contributed by atoms with E-state index < -0.39 is 0 Å². The van der Waals surface area contributed by atoms with E-state index in [1.54, 1.807) is 27.6 Å². The van der Waals surface area contributed by atoms with Gasteiger partial charge in [-0.25, -0.2) is 4.98 Å². The SMILES string of the molecule is Cc1c(-c2ccc(CC(N)=O)c3[nH]c4cc(NC(C)C)ccc4c23)cccc1-n1ccn2ccnc2c1=O. The van der Waals surface area contributed by atoms with E-state index in [1.807, 2.05) is 37.4 Å². The molecule has 0 aliphatic carbocycles. The Morgan fingerprint density at radius 1 is 1.08 bits per heavy atom. The number of carbonyl (C=O) groups is 1. The van der Waals surface area contributed by atoms with Crippen molar-refractivity contribution in [2.45, 2.75) is 33.2 Å². The molecule has 3 heterocycles. The van der Waals surface area contributed by atoms with Gasteiger partial charge in [0.1, 0.15) is 0 Å². The molecule has 0 aliphatic rings. The molecule has 0 radical (unpaired) electrons. The van der Waals surface area contributed by atoms with Crippen molar-refractivity contribution in [3.63, 3.8) is 0 Å². The number of benzene rings is 3. The number of rotatable bonds is 6. The van der Waals surface area contributed by atoms with E-state index >= 15 is 0 Å². The lowest BCUT2D eigenvalue weighted by Crippen LogP contribution is -2.20. The summed E-state index contributed by atoms with van der Waals surface area (Å²) in [6.07, 6.45) is 7.11. The first kappa shape index (κ1) is 23.5. The molecule has 0 fully saturated rings. The number of primary amides is 1. The molecular formula is C30H28N6O2. The maximum absolute atomic E-state index is 13.2. The van der Waals surface area contributed by atoms with Gasteiger partial charge >= 0.3 is 0 Å². The standard InChI is InChI=1S/C30H28N6O2/c1-17(2)33-20-8-10-23-24(16-20)34-28-19(15-26(31)37)7-9-22(27(23)28)21-5-4-6-25(18(21)3)36-14-13-35-12-11-32-29(35)30(36)38/h4-14,16-17,33-34H,15H2,1-3H3,(H2,31,37). The first-order valence-corrected chi connectivity index (χ1v) is 12.6. The van der Waals surface area contributed by atoms with Crippen molar-refractivity contribution < 1.29 is 4.79 Å². The fourth-order valence-electron chi connectivity index (χ4n) is 5.33. The molecule has 1 amide bonds.